The van der Waals surface area contributed by atoms with Gasteiger partial charge in [-0.15, -0.1) is 0 Å². The maximum absolute atomic E-state index is 12.4. The molecule has 0 fully saturated rings. The van der Waals surface area contributed by atoms with Gasteiger partial charge < -0.3 is 5.32 Å². The van der Waals surface area contributed by atoms with Crippen molar-refractivity contribution in [2.45, 2.75) is 6.92 Å². The molecule has 0 saturated carbocycles. The number of halogens is 1. The van der Waals surface area contributed by atoms with Gasteiger partial charge in [0, 0.05) is 9.13 Å². The van der Waals surface area contributed by atoms with Crippen molar-refractivity contribution in [1.82, 2.24) is 10.3 Å². The van der Waals surface area contributed by atoms with Crippen LogP contribution < -0.4 is 10.6 Å². The van der Waals surface area contributed by atoms with E-state index in [4.69, 9.17) is 12.2 Å². The number of hydrogen-bond donors (Lipinski definition) is 2. The Bertz CT molecular complexity index is 943. The summed E-state index contributed by atoms with van der Waals surface area (Å²) in [5.74, 6) is 0.344. The Morgan fingerprint density at radius 3 is 2.27 bits per heavy atom. The molecule has 0 bridgehead atoms. The summed E-state index contributed by atoms with van der Waals surface area (Å²) in [5, 5.41) is 5.83. The van der Waals surface area contributed by atoms with E-state index in [2.05, 4.69) is 38.2 Å². The molecule has 3 aromatic rings. The fourth-order valence-corrected chi connectivity index (χ4v) is 2.88. The molecule has 1 amide bonds. The van der Waals surface area contributed by atoms with Crippen LogP contribution in [0, 0.1) is 10.5 Å². The number of nitrogens with zero attached hydrogens (tertiary/aromatic N) is 1. The summed E-state index contributed by atoms with van der Waals surface area (Å²) < 4.78 is 1.07. The Labute approximate surface area is 171 Å². The fraction of sp³-hybridized carbons (Fsp3) is 0.0500. The Morgan fingerprint density at radius 1 is 0.962 bits per heavy atom. The lowest BCUT2D eigenvalue weighted by molar-refractivity contribution is 0.0978. The van der Waals surface area contributed by atoms with Gasteiger partial charge in [-0.3, -0.25) is 10.1 Å². The van der Waals surface area contributed by atoms with E-state index in [1.54, 1.807) is 12.1 Å². The molecule has 0 atom stereocenters. The zero-order chi connectivity index (χ0) is 18.5. The first kappa shape index (κ1) is 18.5. The Morgan fingerprint density at radius 2 is 1.62 bits per heavy atom. The third-order valence-corrected chi connectivity index (χ3v) is 5.09. The van der Waals surface area contributed by atoms with Crippen molar-refractivity contribution < 1.29 is 4.79 Å². The molecule has 0 radical (unpaired) electrons. The summed E-state index contributed by atoms with van der Waals surface area (Å²) in [5.41, 5.74) is 3.61. The van der Waals surface area contributed by atoms with Crippen LogP contribution in [0.4, 0.5) is 5.82 Å². The van der Waals surface area contributed by atoms with E-state index in [9.17, 15) is 4.79 Å². The minimum atomic E-state index is -0.260. The highest BCUT2D eigenvalue weighted by molar-refractivity contribution is 14.1. The molecule has 1 aromatic heterocycles. The third-order valence-electron chi connectivity index (χ3n) is 3.74. The normalized spacial score (nSPS) is 10.2. The van der Waals surface area contributed by atoms with Crippen LogP contribution >= 0.6 is 34.8 Å². The molecule has 26 heavy (non-hydrogen) atoms. The van der Waals surface area contributed by atoms with Crippen LogP contribution in [0.15, 0.2) is 66.7 Å². The first-order chi connectivity index (χ1) is 12.5. The first-order valence-electron chi connectivity index (χ1n) is 7.94. The highest BCUT2D eigenvalue weighted by atomic mass is 127. The minimum Gasteiger partial charge on any atom is -0.317 e. The third kappa shape index (κ3) is 4.64. The highest BCUT2D eigenvalue weighted by Gasteiger charge is 2.09. The second-order valence-electron chi connectivity index (χ2n) is 5.62. The van der Waals surface area contributed by atoms with E-state index in [1.807, 2.05) is 61.5 Å². The number of aryl methyl sites for hydroxylation is 1. The Balaban J connectivity index is 1.64. The summed E-state index contributed by atoms with van der Waals surface area (Å²) in [4.78, 5) is 16.7. The SMILES string of the molecule is Cc1nc(NC(=S)NC(=O)c2ccc(-c3ccccc3)cc2)ccc1I. The van der Waals surface area contributed by atoms with E-state index in [0.29, 0.717) is 11.4 Å². The van der Waals surface area contributed by atoms with Gasteiger partial charge in [-0.05, 0) is 77.1 Å². The lowest BCUT2D eigenvalue weighted by Crippen LogP contribution is -2.34. The van der Waals surface area contributed by atoms with E-state index in [1.165, 1.54) is 0 Å². The van der Waals surface area contributed by atoms with Crippen molar-refractivity contribution in [2.24, 2.45) is 0 Å². The second-order valence-corrected chi connectivity index (χ2v) is 7.19. The molecule has 0 saturated heterocycles. The van der Waals surface area contributed by atoms with Crippen molar-refractivity contribution in [2.75, 3.05) is 5.32 Å². The number of anilines is 1. The number of thiocarbonyl (C=S) groups is 1. The topological polar surface area (TPSA) is 54.0 Å². The molecule has 0 aliphatic rings. The number of aromatic nitrogens is 1. The maximum atomic E-state index is 12.4. The molecule has 4 nitrogen and oxygen atoms in total. The van der Waals surface area contributed by atoms with Gasteiger partial charge in [0.2, 0.25) is 0 Å². The summed E-state index contributed by atoms with van der Waals surface area (Å²) in [6.07, 6.45) is 0. The van der Waals surface area contributed by atoms with Crippen LogP contribution in [0.3, 0.4) is 0 Å². The first-order valence-corrected chi connectivity index (χ1v) is 9.42. The summed E-state index contributed by atoms with van der Waals surface area (Å²) in [6, 6.07) is 21.2. The smallest absolute Gasteiger partial charge is 0.257 e. The predicted octanol–water partition coefficient (Wildman–Crippen LogP) is 4.79. The Hall–Kier alpha value is -2.32. The molecule has 3 rings (SSSR count). The molecule has 2 aromatic carbocycles. The number of carbonyl (C=O) groups is 1. The van der Waals surface area contributed by atoms with Gasteiger partial charge in [-0.2, -0.15) is 0 Å². The van der Waals surface area contributed by atoms with Crippen LogP contribution in [0.1, 0.15) is 16.1 Å². The van der Waals surface area contributed by atoms with Crippen LogP contribution in [-0.2, 0) is 0 Å². The molecule has 0 spiro atoms. The maximum Gasteiger partial charge on any atom is 0.257 e. The molecule has 0 aliphatic carbocycles. The van der Waals surface area contributed by atoms with Crippen LogP contribution in [0.5, 0.6) is 0 Å². The van der Waals surface area contributed by atoms with Crippen molar-refractivity contribution in [3.05, 3.63) is 81.6 Å². The van der Waals surface area contributed by atoms with E-state index in [0.717, 1.165) is 20.4 Å². The average Bonchev–Trinajstić information content (AvgIpc) is 2.65. The van der Waals surface area contributed by atoms with Gasteiger partial charge in [0.05, 0.1) is 5.69 Å². The summed E-state index contributed by atoms with van der Waals surface area (Å²) >= 11 is 7.42. The van der Waals surface area contributed by atoms with Crippen LogP contribution in [0.2, 0.25) is 0 Å². The number of carbonyl (C=O) groups excluding carboxylic acids is 1. The number of benzene rings is 2. The van der Waals surface area contributed by atoms with Gasteiger partial charge in [0.1, 0.15) is 5.82 Å². The number of amides is 1. The predicted molar refractivity (Wildman–Crippen MR) is 117 cm³/mol. The number of hydrogen-bond acceptors (Lipinski definition) is 3. The van der Waals surface area contributed by atoms with Crippen molar-refractivity contribution in [1.29, 1.82) is 0 Å². The zero-order valence-electron chi connectivity index (χ0n) is 14.0. The van der Waals surface area contributed by atoms with Gasteiger partial charge in [-0.1, -0.05) is 42.5 Å². The van der Waals surface area contributed by atoms with Crippen molar-refractivity contribution in [3.8, 4) is 11.1 Å². The van der Waals surface area contributed by atoms with Gasteiger partial charge in [0.25, 0.3) is 5.91 Å². The number of nitrogens with one attached hydrogen (secondary N) is 2. The second kappa shape index (κ2) is 8.37. The molecule has 1 heterocycles. The van der Waals surface area contributed by atoms with Crippen LogP contribution in [-0.4, -0.2) is 16.0 Å². The quantitative estimate of drug-likeness (QED) is 0.425. The van der Waals surface area contributed by atoms with E-state index < -0.39 is 0 Å². The van der Waals surface area contributed by atoms with E-state index in [-0.39, 0.29) is 11.0 Å². The molecule has 6 heteroatoms. The summed E-state index contributed by atoms with van der Waals surface area (Å²) in [6.45, 7) is 1.92. The van der Waals surface area contributed by atoms with Gasteiger partial charge in [0.15, 0.2) is 5.11 Å². The van der Waals surface area contributed by atoms with Crippen LogP contribution in [0.25, 0.3) is 11.1 Å². The number of rotatable bonds is 3. The van der Waals surface area contributed by atoms with Gasteiger partial charge in [-0.25, -0.2) is 4.98 Å². The molecular weight excluding hydrogens is 457 g/mol. The van der Waals surface area contributed by atoms with E-state index >= 15 is 0 Å². The molecule has 2 N–H and O–H groups in total. The monoisotopic (exact) mass is 473 g/mol. The lowest BCUT2D eigenvalue weighted by atomic mass is 10.0. The molecule has 130 valence electrons. The summed E-state index contributed by atoms with van der Waals surface area (Å²) in [7, 11) is 0. The van der Waals surface area contributed by atoms with Crippen molar-refractivity contribution in [3.63, 3.8) is 0 Å². The standard InChI is InChI=1S/C20H16IN3OS/c1-13-17(21)11-12-18(22-13)23-20(26)24-19(25)16-9-7-15(8-10-16)14-5-3-2-4-6-14/h2-12H,1H3,(H2,22,23,24,25,26). The molecular formula is C20H16IN3OS. The molecule has 0 aliphatic heterocycles. The van der Waals surface area contributed by atoms with Crippen molar-refractivity contribution >= 4 is 51.6 Å². The van der Waals surface area contributed by atoms with Gasteiger partial charge >= 0.3 is 0 Å². The fourth-order valence-electron chi connectivity index (χ4n) is 2.38. The zero-order valence-corrected chi connectivity index (χ0v) is 17.0. The highest BCUT2D eigenvalue weighted by Crippen LogP contribution is 2.19. The average molecular weight is 473 g/mol. The Kier molecular flexibility index (Phi) is 5.95. The largest absolute Gasteiger partial charge is 0.317 e. The minimum absolute atomic E-state index is 0.218. The number of pyridine rings is 1. The molecule has 0 unspecified atom stereocenters. The lowest BCUT2D eigenvalue weighted by Gasteiger charge is -2.10.